The average molecular weight is 626 g/mol. The van der Waals surface area contributed by atoms with E-state index in [0.717, 1.165) is 33.0 Å². The van der Waals surface area contributed by atoms with E-state index in [9.17, 15) is 19.2 Å². The first-order chi connectivity index (χ1) is 20.3. The number of thiazole rings is 1. The first-order valence-corrected chi connectivity index (χ1v) is 15.7. The van der Waals surface area contributed by atoms with Gasteiger partial charge in [-0.2, -0.15) is 5.10 Å². The number of aromatic nitrogens is 1. The molecule has 14 heteroatoms. The molecule has 0 unspecified atom stereocenters. The van der Waals surface area contributed by atoms with Crippen molar-refractivity contribution >= 4 is 69.7 Å². The molecule has 2 amide bonds. The van der Waals surface area contributed by atoms with Crippen molar-refractivity contribution in [2.75, 3.05) is 24.8 Å². The lowest BCUT2D eigenvalue weighted by Gasteiger charge is -2.28. The van der Waals surface area contributed by atoms with Crippen LogP contribution in [0.2, 0.25) is 0 Å². The van der Waals surface area contributed by atoms with E-state index in [0.29, 0.717) is 22.2 Å². The molecule has 1 saturated heterocycles. The maximum atomic E-state index is 12.6. The van der Waals surface area contributed by atoms with Crippen LogP contribution in [0, 0.1) is 5.92 Å². The fourth-order valence-electron chi connectivity index (χ4n) is 4.49. The standard InChI is InChI=1S/C28H27N5O6S3/c1-3-39-26(36)16-4-8-18(9-5-16)30-21(34)12-20-24(35)31-27(41-20)33-29-13-17-14-40-25-23(42-28(37)32-25)22(17)15-6-10-19(38-2)11-7-15/h4-11,13,17,20,22H,3,12,14H2,1-2H3,(H,30,34)(H,32,37)(H,31,33,35)/b29-13-/t17-,20-,22-/m0/s1. The number of carbonyl (C=O) groups excluding carboxylic acids is 3. The quantitative estimate of drug-likeness (QED) is 0.183. The number of methoxy groups -OCH3 is 1. The van der Waals surface area contributed by atoms with Crippen molar-refractivity contribution in [1.29, 1.82) is 0 Å². The number of amidine groups is 1. The molecule has 5 rings (SSSR count). The SMILES string of the molecule is CCOC(=O)c1ccc(NC(=O)C[C@@H]2S/C(=N\N=C/[C@H]3CSc4[nH]c(=O)sc4[C@H]3c3ccc(OC)cc3)NC2=O)cc1. The predicted octanol–water partition coefficient (Wildman–Crippen LogP) is 4.08. The highest BCUT2D eigenvalue weighted by Gasteiger charge is 2.34. The number of ether oxygens (including phenoxy) is 2. The summed E-state index contributed by atoms with van der Waals surface area (Å²) in [6.45, 7) is 2.00. The number of amides is 2. The van der Waals surface area contributed by atoms with E-state index in [4.69, 9.17) is 9.47 Å². The van der Waals surface area contributed by atoms with E-state index in [1.54, 1.807) is 56.3 Å². The van der Waals surface area contributed by atoms with Gasteiger partial charge in [0, 0.05) is 40.8 Å². The fourth-order valence-corrected chi connectivity index (χ4v) is 7.79. The number of nitrogens with zero attached hydrogens (tertiary/aromatic N) is 2. The summed E-state index contributed by atoms with van der Waals surface area (Å²) < 4.78 is 10.2. The summed E-state index contributed by atoms with van der Waals surface area (Å²) in [5.41, 5.74) is 1.91. The lowest BCUT2D eigenvalue weighted by molar-refractivity contribution is -0.122. The molecule has 0 aliphatic carbocycles. The van der Waals surface area contributed by atoms with Crippen LogP contribution < -0.4 is 20.2 Å². The van der Waals surface area contributed by atoms with Crippen LogP contribution in [0.4, 0.5) is 5.69 Å². The Morgan fingerprint density at radius 1 is 1.12 bits per heavy atom. The molecule has 0 spiro atoms. The van der Waals surface area contributed by atoms with E-state index >= 15 is 0 Å². The smallest absolute Gasteiger partial charge is 0.338 e. The second-order valence-corrected chi connectivity index (χ2v) is 12.5. The Labute approximate surface area is 253 Å². The number of rotatable bonds is 9. The molecule has 3 aromatic rings. The zero-order chi connectivity index (χ0) is 29.6. The molecule has 3 N–H and O–H groups in total. The van der Waals surface area contributed by atoms with Crippen molar-refractivity contribution in [1.82, 2.24) is 10.3 Å². The van der Waals surface area contributed by atoms with E-state index in [1.165, 1.54) is 11.3 Å². The monoisotopic (exact) mass is 625 g/mol. The number of benzene rings is 2. The van der Waals surface area contributed by atoms with Gasteiger partial charge in [-0.25, -0.2) is 4.79 Å². The average Bonchev–Trinajstić information content (AvgIpc) is 3.53. The Bertz CT molecular complexity index is 1580. The lowest BCUT2D eigenvalue weighted by Crippen LogP contribution is -2.28. The molecule has 2 aliphatic heterocycles. The van der Waals surface area contributed by atoms with E-state index in [-0.39, 0.29) is 41.6 Å². The first kappa shape index (κ1) is 29.6. The lowest BCUT2D eigenvalue weighted by atomic mass is 9.86. The van der Waals surface area contributed by atoms with Crippen molar-refractivity contribution in [3.63, 3.8) is 0 Å². The third kappa shape index (κ3) is 6.94. The van der Waals surface area contributed by atoms with Crippen LogP contribution in [-0.2, 0) is 14.3 Å². The summed E-state index contributed by atoms with van der Waals surface area (Å²) in [6.07, 6.45) is 1.68. The number of carbonyl (C=O) groups is 3. The Morgan fingerprint density at radius 2 is 1.88 bits per heavy atom. The van der Waals surface area contributed by atoms with Crippen LogP contribution in [-0.4, -0.2) is 58.9 Å². The van der Waals surface area contributed by atoms with Crippen molar-refractivity contribution < 1.29 is 23.9 Å². The van der Waals surface area contributed by atoms with Gasteiger partial charge in [-0.15, -0.1) is 16.9 Å². The molecule has 1 fully saturated rings. The van der Waals surface area contributed by atoms with Gasteiger partial charge in [0.2, 0.25) is 11.8 Å². The van der Waals surface area contributed by atoms with Crippen molar-refractivity contribution in [3.8, 4) is 5.75 Å². The van der Waals surface area contributed by atoms with Gasteiger partial charge in [0.25, 0.3) is 0 Å². The summed E-state index contributed by atoms with van der Waals surface area (Å²) in [5.74, 6) is 0.181. The van der Waals surface area contributed by atoms with E-state index in [2.05, 4.69) is 25.8 Å². The number of H-pyrrole nitrogens is 1. The van der Waals surface area contributed by atoms with Crippen LogP contribution in [0.25, 0.3) is 0 Å². The predicted molar refractivity (Wildman–Crippen MR) is 165 cm³/mol. The summed E-state index contributed by atoms with van der Waals surface area (Å²) >= 11 is 3.90. The van der Waals surface area contributed by atoms with Crippen LogP contribution in [0.1, 0.15) is 40.1 Å². The highest BCUT2D eigenvalue weighted by Crippen LogP contribution is 2.44. The number of hydrogen-bond donors (Lipinski definition) is 3. The summed E-state index contributed by atoms with van der Waals surface area (Å²) in [5, 5.41) is 14.4. The Balaban J connectivity index is 1.21. The molecule has 42 heavy (non-hydrogen) atoms. The minimum absolute atomic E-state index is 0.0504. The number of esters is 1. The summed E-state index contributed by atoms with van der Waals surface area (Å²) in [7, 11) is 1.61. The Hall–Kier alpha value is -3.88. The van der Waals surface area contributed by atoms with Crippen LogP contribution >= 0.6 is 34.9 Å². The number of hydrogen-bond acceptors (Lipinski definition) is 11. The third-order valence-corrected chi connectivity index (χ3v) is 9.81. The molecule has 11 nitrogen and oxygen atoms in total. The number of nitrogens with one attached hydrogen (secondary N) is 3. The maximum Gasteiger partial charge on any atom is 0.338 e. The second-order valence-electron chi connectivity index (χ2n) is 9.25. The number of anilines is 1. The van der Waals surface area contributed by atoms with Crippen molar-refractivity contribution in [3.05, 3.63) is 74.2 Å². The zero-order valence-electron chi connectivity index (χ0n) is 22.6. The topological polar surface area (TPSA) is 151 Å². The van der Waals surface area contributed by atoms with Gasteiger partial charge in [-0.3, -0.25) is 14.4 Å². The molecular weight excluding hydrogens is 599 g/mol. The van der Waals surface area contributed by atoms with Gasteiger partial charge in [-0.1, -0.05) is 35.2 Å². The van der Waals surface area contributed by atoms with E-state index in [1.807, 2.05) is 24.3 Å². The van der Waals surface area contributed by atoms with Gasteiger partial charge >= 0.3 is 10.8 Å². The molecule has 0 saturated carbocycles. The minimum atomic E-state index is -0.658. The van der Waals surface area contributed by atoms with Gasteiger partial charge < -0.3 is 25.1 Å². The maximum absolute atomic E-state index is 12.6. The minimum Gasteiger partial charge on any atom is -0.497 e. The van der Waals surface area contributed by atoms with Crippen LogP contribution in [0.3, 0.4) is 0 Å². The first-order valence-electron chi connectivity index (χ1n) is 13.0. The number of fused-ring (bicyclic) bond motifs is 1. The highest BCUT2D eigenvalue weighted by atomic mass is 32.2. The Kier molecular flexibility index (Phi) is 9.45. The van der Waals surface area contributed by atoms with Crippen LogP contribution in [0.5, 0.6) is 5.75 Å². The normalized spacial score (nSPS) is 20.8. The van der Waals surface area contributed by atoms with E-state index < -0.39 is 11.2 Å². The molecule has 3 atom stereocenters. The van der Waals surface area contributed by atoms with Gasteiger partial charge in [0.1, 0.15) is 11.0 Å². The molecule has 218 valence electrons. The molecule has 3 heterocycles. The van der Waals surface area contributed by atoms with Crippen LogP contribution in [0.15, 0.2) is 68.6 Å². The summed E-state index contributed by atoms with van der Waals surface area (Å²) in [4.78, 5) is 52.8. The largest absolute Gasteiger partial charge is 0.497 e. The zero-order valence-corrected chi connectivity index (χ0v) is 25.1. The molecule has 0 radical (unpaired) electrons. The van der Waals surface area contributed by atoms with Gasteiger partial charge in [-0.05, 0) is 48.9 Å². The molecule has 2 aromatic carbocycles. The summed E-state index contributed by atoms with van der Waals surface area (Å²) in [6, 6.07) is 14.1. The molecule has 0 bridgehead atoms. The van der Waals surface area contributed by atoms with Crippen molar-refractivity contribution in [2.24, 2.45) is 16.1 Å². The van der Waals surface area contributed by atoms with Crippen molar-refractivity contribution in [2.45, 2.75) is 29.5 Å². The van der Waals surface area contributed by atoms with Gasteiger partial charge in [0.05, 0.1) is 24.3 Å². The number of aromatic amines is 1. The molecule has 1 aromatic heterocycles. The van der Waals surface area contributed by atoms with Gasteiger partial charge in [0.15, 0.2) is 5.17 Å². The number of thioether (sulfide) groups is 2. The highest BCUT2D eigenvalue weighted by molar-refractivity contribution is 8.15. The Morgan fingerprint density at radius 3 is 2.60 bits per heavy atom. The third-order valence-electron chi connectivity index (χ3n) is 6.48. The molecule has 2 aliphatic rings. The second kappa shape index (κ2) is 13.4. The molecular formula is C28H27N5O6S3. The fraction of sp³-hybridized carbons (Fsp3) is 0.286.